The molecule has 166 valence electrons. The van der Waals surface area contributed by atoms with E-state index in [9.17, 15) is 9.59 Å². The lowest BCUT2D eigenvalue weighted by molar-refractivity contribution is -0.149. The topological polar surface area (TPSA) is 77.1 Å². The Labute approximate surface area is 180 Å². The van der Waals surface area contributed by atoms with Gasteiger partial charge in [0, 0.05) is 6.42 Å². The van der Waals surface area contributed by atoms with Crippen LogP contribution in [0.25, 0.3) is 0 Å². The molecule has 1 aliphatic rings. The van der Waals surface area contributed by atoms with Gasteiger partial charge in [-0.3, -0.25) is 4.79 Å². The molecule has 30 heavy (non-hydrogen) atoms. The van der Waals surface area contributed by atoms with Crippen molar-refractivity contribution in [2.24, 2.45) is 0 Å². The molecule has 1 N–H and O–H groups in total. The highest BCUT2D eigenvalue weighted by atomic mass is 28.4. The van der Waals surface area contributed by atoms with Gasteiger partial charge in [-0.05, 0) is 23.7 Å². The summed E-state index contributed by atoms with van der Waals surface area (Å²) >= 11 is 0. The van der Waals surface area contributed by atoms with E-state index in [1.165, 1.54) is 11.1 Å². The SMILES string of the molecule is C=CCOC(=O)[C@@H]1C[C@H](O[Si](C)(C)C(C)(C)C)CN(C(=O)OCc2ccccc2)N1. The minimum Gasteiger partial charge on any atom is -0.460 e. The highest BCUT2D eigenvalue weighted by molar-refractivity contribution is 6.74. The maximum absolute atomic E-state index is 12.7. The van der Waals surface area contributed by atoms with Crippen LogP contribution < -0.4 is 5.43 Å². The standard InChI is InChI=1S/C22H34N2O5Si/c1-7-13-27-20(25)19-14-18(29-30(5,6)22(2,3)4)15-24(23-19)21(26)28-16-17-11-9-8-10-12-17/h7-12,18-19,23H,1,13-16H2,2-6H3/t18-,19-/m0/s1. The molecule has 1 aromatic carbocycles. The largest absolute Gasteiger partial charge is 0.460 e. The molecule has 0 spiro atoms. The van der Waals surface area contributed by atoms with E-state index in [1.807, 2.05) is 30.3 Å². The summed E-state index contributed by atoms with van der Waals surface area (Å²) < 4.78 is 17.1. The fraction of sp³-hybridized carbons (Fsp3) is 0.545. The lowest BCUT2D eigenvalue weighted by Crippen LogP contribution is -2.61. The molecular formula is C22H34N2O5Si. The first-order valence-electron chi connectivity index (χ1n) is 10.2. The minimum absolute atomic E-state index is 0.00930. The number of nitrogens with one attached hydrogen (secondary N) is 1. The van der Waals surface area contributed by atoms with E-state index in [2.05, 4.69) is 45.9 Å². The Kier molecular flexibility index (Phi) is 8.23. The molecular weight excluding hydrogens is 400 g/mol. The second-order valence-corrected chi connectivity index (χ2v) is 13.7. The highest BCUT2D eigenvalue weighted by Gasteiger charge is 2.43. The molecule has 1 amide bonds. The zero-order valence-electron chi connectivity index (χ0n) is 18.6. The van der Waals surface area contributed by atoms with Gasteiger partial charge in [-0.15, -0.1) is 0 Å². The zero-order chi connectivity index (χ0) is 22.4. The average Bonchev–Trinajstić information content (AvgIpc) is 2.69. The van der Waals surface area contributed by atoms with E-state index >= 15 is 0 Å². The fourth-order valence-corrected chi connectivity index (χ4v) is 4.19. The Balaban J connectivity index is 2.09. The monoisotopic (exact) mass is 434 g/mol. The molecule has 0 radical (unpaired) electrons. The first-order valence-corrected chi connectivity index (χ1v) is 13.1. The van der Waals surface area contributed by atoms with Gasteiger partial charge in [-0.25, -0.2) is 15.2 Å². The number of ether oxygens (including phenoxy) is 2. The zero-order valence-corrected chi connectivity index (χ0v) is 19.6. The number of carbonyl (C=O) groups is 2. The quantitative estimate of drug-likeness (QED) is 0.397. The Morgan fingerprint density at radius 2 is 1.90 bits per heavy atom. The highest BCUT2D eigenvalue weighted by Crippen LogP contribution is 2.38. The van der Waals surface area contributed by atoms with E-state index in [0.29, 0.717) is 13.0 Å². The summed E-state index contributed by atoms with van der Waals surface area (Å²) in [6.07, 6.45) is 1.09. The molecule has 2 atom stereocenters. The number of rotatable bonds is 7. The van der Waals surface area contributed by atoms with Crippen molar-refractivity contribution in [1.82, 2.24) is 10.4 Å². The van der Waals surface area contributed by atoms with Crippen LogP contribution in [-0.4, -0.2) is 50.7 Å². The Hall–Kier alpha value is -2.16. The summed E-state index contributed by atoms with van der Waals surface area (Å²) in [5, 5.41) is 1.33. The van der Waals surface area contributed by atoms with E-state index in [-0.39, 0.29) is 24.4 Å². The smallest absolute Gasteiger partial charge is 0.424 e. The Morgan fingerprint density at radius 1 is 1.23 bits per heavy atom. The predicted molar refractivity (Wildman–Crippen MR) is 118 cm³/mol. The second kappa shape index (κ2) is 10.2. The number of amides is 1. The van der Waals surface area contributed by atoms with Crippen LogP contribution in [0.1, 0.15) is 32.8 Å². The number of benzene rings is 1. The van der Waals surface area contributed by atoms with Crippen molar-refractivity contribution in [2.45, 2.75) is 64.1 Å². The van der Waals surface area contributed by atoms with Crippen LogP contribution in [0.5, 0.6) is 0 Å². The fourth-order valence-electron chi connectivity index (χ4n) is 2.83. The van der Waals surface area contributed by atoms with Crippen LogP contribution >= 0.6 is 0 Å². The molecule has 1 fully saturated rings. The summed E-state index contributed by atoms with van der Waals surface area (Å²) in [5.41, 5.74) is 3.83. The molecule has 1 saturated heterocycles. The van der Waals surface area contributed by atoms with Crippen LogP contribution in [0.15, 0.2) is 43.0 Å². The van der Waals surface area contributed by atoms with E-state index < -0.39 is 26.4 Å². The Morgan fingerprint density at radius 3 is 2.50 bits per heavy atom. The third kappa shape index (κ3) is 6.68. The number of carbonyl (C=O) groups excluding carboxylic acids is 2. The molecule has 2 rings (SSSR count). The number of hydrogen-bond donors (Lipinski definition) is 1. The van der Waals surface area contributed by atoms with Gasteiger partial charge in [-0.2, -0.15) is 0 Å². The van der Waals surface area contributed by atoms with Crippen molar-refractivity contribution in [3.8, 4) is 0 Å². The van der Waals surface area contributed by atoms with E-state index in [4.69, 9.17) is 13.9 Å². The minimum atomic E-state index is -2.09. The van der Waals surface area contributed by atoms with Gasteiger partial charge in [0.25, 0.3) is 0 Å². The van der Waals surface area contributed by atoms with Gasteiger partial charge in [0.05, 0.1) is 12.6 Å². The van der Waals surface area contributed by atoms with Crippen molar-refractivity contribution in [3.63, 3.8) is 0 Å². The van der Waals surface area contributed by atoms with E-state index in [1.54, 1.807) is 0 Å². The molecule has 0 aromatic heterocycles. The lowest BCUT2D eigenvalue weighted by Gasteiger charge is -2.43. The molecule has 7 nitrogen and oxygen atoms in total. The molecule has 1 aliphatic heterocycles. The van der Waals surface area contributed by atoms with Gasteiger partial charge in [-0.1, -0.05) is 63.8 Å². The second-order valence-electron chi connectivity index (χ2n) is 8.99. The van der Waals surface area contributed by atoms with Crippen LogP contribution in [0, 0.1) is 0 Å². The average molecular weight is 435 g/mol. The summed E-state index contributed by atoms with van der Waals surface area (Å²) in [5.74, 6) is -0.445. The number of nitrogens with zero attached hydrogens (tertiary/aromatic N) is 1. The summed E-state index contributed by atoms with van der Waals surface area (Å²) in [4.78, 5) is 25.1. The number of esters is 1. The van der Waals surface area contributed by atoms with Crippen molar-refractivity contribution in [2.75, 3.05) is 13.2 Å². The van der Waals surface area contributed by atoms with Crippen LogP contribution in [0.2, 0.25) is 18.1 Å². The van der Waals surface area contributed by atoms with Crippen molar-refractivity contribution >= 4 is 20.4 Å². The summed E-state index contributed by atoms with van der Waals surface area (Å²) in [7, 11) is -2.09. The maximum Gasteiger partial charge on any atom is 0.424 e. The summed E-state index contributed by atoms with van der Waals surface area (Å²) in [6, 6.07) is 8.75. The van der Waals surface area contributed by atoms with Gasteiger partial charge >= 0.3 is 12.1 Å². The van der Waals surface area contributed by atoms with Crippen molar-refractivity contribution in [1.29, 1.82) is 0 Å². The van der Waals surface area contributed by atoms with Gasteiger partial charge < -0.3 is 13.9 Å². The number of hydrogen-bond acceptors (Lipinski definition) is 6. The van der Waals surface area contributed by atoms with Crippen molar-refractivity contribution < 1.29 is 23.5 Å². The summed E-state index contributed by atoms with van der Waals surface area (Å²) in [6.45, 7) is 14.9. The van der Waals surface area contributed by atoms with Crippen LogP contribution in [0.4, 0.5) is 4.79 Å². The molecule has 0 bridgehead atoms. The molecule has 8 heteroatoms. The predicted octanol–water partition coefficient (Wildman–Crippen LogP) is 4.02. The normalized spacial score (nSPS) is 19.8. The molecule has 0 unspecified atom stereocenters. The van der Waals surface area contributed by atoms with Crippen LogP contribution in [-0.2, 0) is 25.3 Å². The van der Waals surface area contributed by atoms with Gasteiger partial charge in [0.15, 0.2) is 8.32 Å². The van der Waals surface area contributed by atoms with Crippen molar-refractivity contribution in [3.05, 3.63) is 48.6 Å². The molecule has 0 aliphatic carbocycles. The van der Waals surface area contributed by atoms with Gasteiger partial charge in [0.1, 0.15) is 19.3 Å². The Bertz CT molecular complexity index is 733. The molecule has 1 aromatic rings. The first-order chi connectivity index (χ1) is 14.0. The molecule has 0 saturated carbocycles. The first kappa shape index (κ1) is 24.1. The number of hydrazine groups is 1. The van der Waals surface area contributed by atoms with E-state index in [0.717, 1.165) is 5.56 Å². The van der Waals surface area contributed by atoms with Gasteiger partial charge in [0.2, 0.25) is 0 Å². The third-order valence-corrected chi connectivity index (χ3v) is 10.1. The molecule has 1 heterocycles. The third-order valence-electron chi connectivity index (χ3n) is 5.52. The van der Waals surface area contributed by atoms with Crippen LogP contribution in [0.3, 0.4) is 0 Å². The maximum atomic E-state index is 12.7. The lowest BCUT2D eigenvalue weighted by atomic mass is 10.1.